The molecule has 1 amide bonds. The van der Waals surface area contributed by atoms with Gasteiger partial charge in [-0.1, -0.05) is 0 Å². The van der Waals surface area contributed by atoms with Gasteiger partial charge < -0.3 is 19.3 Å². The molecule has 0 aliphatic carbocycles. The van der Waals surface area contributed by atoms with Crippen LogP contribution >= 0.6 is 0 Å². The molecule has 8 nitrogen and oxygen atoms in total. The van der Waals surface area contributed by atoms with Crippen LogP contribution in [0.5, 0.6) is 11.5 Å². The molecule has 2 aromatic carbocycles. The molecule has 1 aliphatic rings. The van der Waals surface area contributed by atoms with E-state index in [9.17, 15) is 27.9 Å². The number of hydrogen-bond donors (Lipinski definition) is 1. The van der Waals surface area contributed by atoms with E-state index < -0.39 is 29.2 Å². The summed E-state index contributed by atoms with van der Waals surface area (Å²) in [6.07, 6.45) is -1.73. The summed E-state index contributed by atoms with van der Waals surface area (Å²) in [6.45, 7) is 0.897. The lowest BCUT2D eigenvalue weighted by Crippen LogP contribution is -2.27. The molecule has 1 N–H and O–H groups in total. The largest absolute Gasteiger partial charge is 0.493 e. The number of carbonyl (C=O) groups is 2. The summed E-state index contributed by atoms with van der Waals surface area (Å²) in [6, 6.07) is 10.1. The molecule has 0 radical (unpaired) electrons. The van der Waals surface area contributed by atoms with Crippen molar-refractivity contribution in [3.8, 4) is 11.5 Å². The maximum absolute atomic E-state index is 13.5. The third-order valence-corrected chi connectivity index (χ3v) is 5.50. The Morgan fingerprint density at radius 2 is 1.86 bits per heavy atom. The minimum absolute atomic E-state index is 0.0884. The van der Waals surface area contributed by atoms with Crippen molar-refractivity contribution in [2.75, 3.05) is 25.2 Å². The summed E-state index contributed by atoms with van der Waals surface area (Å²) in [5.41, 5.74) is -2.05. The van der Waals surface area contributed by atoms with Crippen LogP contribution in [0.3, 0.4) is 0 Å². The normalized spacial score (nSPS) is 15.4. The second kappa shape index (κ2) is 10.2. The number of anilines is 2. The van der Waals surface area contributed by atoms with Gasteiger partial charge in [-0.25, -0.2) is 4.79 Å². The first-order valence-electron chi connectivity index (χ1n) is 10.8. The van der Waals surface area contributed by atoms with Gasteiger partial charge in [-0.05, 0) is 42.5 Å². The molecule has 2 heterocycles. The molecule has 36 heavy (non-hydrogen) atoms. The van der Waals surface area contributed by atoms with E-state index in [0.29, 0.717) is 37.2 Å². The van der Waals surface area contributed by atoms with Crippen LogP contribution in [-0.4, -0.2) is 48.4 Å². The van der Waals surface area contributed by atoms with Gasteiger partial charge in [0.25, 0.3) is 5.91 Å². The Bertz CT molecular complexity index is 1260. The minimum Gasteiger partial charge on any atom is -0.493 e. The van der Waals surface area contributed by atoms with Crippen molar-refractivity contribution >= 4 is 23.3 Å². The molecule has 0 saturated carbocycles. The summed E-state index contributed by atoms with van der Waals surface area (Å²) in [4.78, 5) is 30.3. The van der Waals surface area contributed by atoms with Crippen molar-refractivity contribution in [3.05, 3.63) is 77.6 Å². The highest BCUT2D eigenvalue weighted by Gasteiger charge is 2.36. The fourth-order valence-electron chi connectivity index (χ4n) is 3.78. The Hall–Kier alpha value is -4.12. The summed E-state index contributed by atoms with van der Waals surface area (Å²) in [5, 5.41) is 9.47. The van der Waals surface area contributed by atoms with E-state index in [1.54, 1.807) is 6.07 Å². The third-order valence-electron chi connectivity index (χ3n) is 5.50. The highest BCUT2D eigenvalue weighted by atomic mass is 19.4. The molecule has 1 aliphatic heterocycles. The number of carboxylic acid groups (broad SMARTS) is 1. The first kappa shape index (κ1) is 25.0. The second-order valence-corrected chi connectivity index (χ2v) is 7.85. The minimum atomic E-state index is -4.89. The van der Waals surface area contributed by atoms with Crippen molar-refractivity contribution in [1.29, 1.82) is 0 Å². The van der Waals surface area contributed by atoms with E-state index >= 15 is 0 Å². The monoisotopic (exact) mass is 502 g/mol. The summed E-state index contributed by atoms with van der Waals surface area (Å²) in [7, 11) is 1.45. The molecule has 11 heteroatoms. The van der Waals surface area contributed by atoms with Crippen LogP contribution in [-0.2, 0) is 10.9 Å². The highest BCUT2D eigenvalue weighted by Crippen LogP contribution is 2.39. The molecule has 0 bridgehead atoms. The summed E-state index contributed by atoms with van der Waals surface area (Å²) in [5.74, 6) is -1.75. The second-order valence-electron chi connectivity index (χ2n) is 7.85. The number of ether oxygens (including phenoxy) is 3. The molecule has 1 fully saturated rings. The van der Waals surface area contributed by atoms with E-state index in [2.05, 4.69) is 4.98 Å². The average molecular weight is 502 g/mol. The molecular weight excluding hydrogens is 481 g/mol. The highest BCUT2D eigenvalue weighted by molar-refractivity contribution is 6.11. The number of methoxy groups -OCH3 is 1. The van der Waals surface area contributed by atoms with Crippen LogP contribution in [0.2, 0.25) is 0 Å². The molecule has 0 unspecified atom stereocenters. The van der Waals surface area contributed by atoms with E-state index in [4.69, 9.17) is 14.2 Å². The van der Waals surface area contributed by atoms with Crippen LogP contribution in [0, 0.1) is 0 Å². The van der Waals surface area contributed by atoms with Crippen molar-refractivity contribution in [1.82, 2.24) is 4.98 Å². The number of alkyl halides is 3. The number of carboxylic acids is 1. The van der Waals surface area contributed by atoms with Gasteiger partial charge in [0, 0.05) is 24.9 Å². The predicted molar refractivity (Wildman–Crippen MR) is 122 cm³/mol. The fraction of sp³-hybridized carbons (Fsp3) is 0.240. The van der Waals surface area contributed by atoms with Gasteiger partial charge in [-0.2, -0.15) is 13.2 Å². The summed E-state index contributed by atoms with van der Waals surface area (Å²) < 4.78 is 57.0. The van der Waals surface area contributed by atoms with Crippen LogP contribution in [0.1, 0.15) is 32.7 Å². The number of rotatable bonds is 7. The number of hydrogen-bond acceptors (Lipinski definition) is 6. The van der Waals surface area contributed by atoms with Gasteiger partial charge in [-0.3, -0.25) is 14.7 Å². The molecule has 188 valence electrons. The molecule has 1 aromatic heterocycles. The number of benzene rings is 2. The lowest BCUT2D eigenvalue weighted by Gasteiger charge is -2.25. The van der Waals surface area contributed by atoms with Crippen LogP contribution in [0.15, 0.2) is 60.9 Å². The summed E-state index contributed by atoms with van der Waals surface area (Å²) >= 11 is 0. The lowest BCUT2D eigenvalue weighted by molar-refractivity contribution is -0.138. The molecule has 4 rings (SSSR count). The Labute approximate surface area is 203 Å². The number of nitrogens with zero attached hydrogens (tertiary/aromatic N) is 2. The number of aromatic carboxylic acids is 1. The Kier molecular flexibility index (Phi) is 7.11. The van der Waals surface area contributed by atoms with Crippen molar-refractivity contribution in [3.63, 3.8) is 0 Å². The van der Waals surface area contributed by atoms with Crippen molar-refractivity contribution in [2.45, 2.75) is 18.7 Å². The van der Waals surface area contributed by atoms with Gasteiger partial charge in [0.05, 0.1) is 48.4 Å². The van der Waals surface area contributed by atoms with E-state index in [0.717, 1.165) is 17.0 Å². The van der Waals surface area contributed by atoms with Gasteiger partial charge in [-0.15, -0.1) is 0 Å². The molecule has 1 atom stereocenters. The molecule has 3 aromatic rings. The number of carbonyl (C=O) groups excluding carboxylic acids is 1. The van der Waals surface area contributed by atoms with E-state index in [1.807, 2.05) is 0 Å². The predicted octanol–water partition coefficient (Wildman–Crippen LogP) is 4.95. The van der Waals surface area contributed by atoms with E-state index in [-0.39, 0.29) is 23.0 Å². The maximum Gasteiger partial charge on any atom is 0.417 e. The van der Waals surface area contributed by atoms with E-state index in [1.165, 1.54) is 43.8 Å². The zero-order chi connectivity index (χ0) is 25.9. The topological polar surface area (TPSA) is 98.2 Å². The maximum atomic E-state index is 13.5. The van der Waals surface area contributed by atoms with Crippen LogP contribution < -0.4 is 14.4 Å². The molecule has 1 saturated heterocycles. The van der Waals surface area contributed by atoms with Gasteiger partial charge in [0.2, 0.25) is 0 Å². The Morgan fingerprint density at radius 1 is 1.11 bits per heavy atom. The quantitative estimate of drug-likeness (QED) is 0.488. The fourth-order valence-corrected chi connectivity index (χ4v) is 3.78. The smallest absolute Gasteiger partial charge is 0.417 e. The average Bonchev–Trinajstić information content (AvgIpc) is 3.37. The SMILES string of the molecule is COc1ccc(N(C(=O)c2cccnc2)c2ccc(C(F)(F)F)c(C(=O)O)c2)cc1O[C@@H]1CCOC1. The first-order valence-corrected chi connectivity index (χ1v) is 10.8. The first-order chi connectivity index (χ1) is 17.2. The van der Waals surface area contributed by atoms with Crippen molar-refractivity contribution in [2.24, 2.45) is 0 Å². The molecular formula is C25H21F3N2O6. The third kappa shape index (κ3) is 5.25. The number of pyridine rings is 1. The van der Waals surface area contributed by atoms with Gasteiger partial charge in [0.15, 0.2) is 11.5 Å². The Balaban J connectivity index is 1.85. The number of aromatic nitrogens is 1. The van der Waals surface area contributed by atoms with Crippen LogP contribution in [0.25, 0.3) is 0 Å². The van der Waals surface area contributed by atoms with Gasteiger partial charge in [0.1, 0.15) is 6.10 Å². The number of halogens is 3. The van der Waals surface area contributed by atoms with Crippen molar-refractivity contribution < 1.29 is 42.1 Å². The van der Waals surface area contributed by atoms with Gasteiger partial charge >= 0.3 is 12.1 Å². The molecule has 0 spiro atoms. The zero-order valence-electron chi connectivity index (χ0n) is 19.0. The lowest BCUT2D eigenvalue weighted by atomic mass is 10.0. The zero-order valence-corrected chi connectivity index (χ0v) is 19.0. The Morgan fingerprint density at radius 3 is 2.47 bits per heavy atom. The van der Waals surface area contributed by atoms with Crippen LogP contribution in [0.4, 0.5) is 24.5 Å². The standard InChI is InChI=1S/C25H21F3N2O6/c1-34-21-7-5-17(12-22(21)36-18-8-10-35-14-18)30(23(31)15-3-2-9-29-13-15)16-4-6-20(25(26,27)28)19(11-16)24(32)33/h2-7,9,11-13,18H,8,10,14H2,1H3,(H,32,33)/t18-/m1/s1. The number of amides is 1.